The summed E-state index contributed by atoms with van der Waals surface area (Å²) in [4.78, 5) is 13.4. The molecule has 0 atom stereocenters. The van der Waals surface area contributed by atoms with E-state index >= 15 is 0 Å². The molecule has 21 heavy (non-hydrogen) atoms. The van der Waals surface area contributed by atoms with Crippen LogP contribution in [0.25, 0.3) is 10.8 Å². The molecule has 0 aliphatic rings. The molecule has 1 N–H and O–H groups in total. The number of rotatable bonds is 4. The van der Waals surface area contributed by atoms with Crippen LogP contribution >= 0.6 is 0 Å². The lowest BCUT2D eigenvalue weighted by molar-refractivity contribution is 0.0699. The fourth-order valence-electron chi connectivity index (χ4n) is 2.54. The summed E-state index contributed by atoms with van der Waals surface area (Å²) in [5.74, 6) is -0.907. The third-order valence-electron chi connectivity index (χ3n) is 3.54. The van der Waals surface area contributed by atoms with Crippen LogP contribution in [0, 0.1) is 0 Å². The second kappa shape index (κ2) is 5.32. The highest BCUT2D eigenvalue weighted by molar-refractivity contribution is 6.07. The van der Waals surface area contributed by atoms with Crippen molar-refractivity contribution in [3.63, 3.8) is 0 Å². The van der Waals surface area contributed by atoms with Gasteiger partial charge >= 0.3 is 5.97 Å². The van der Waals surface area contributed by atoms with Gasteiger partial charge in [-0.1, -0.05) is 24.3 Å². The normalized spacial score (nSPS) is 10.7. The van der Waals surface area contributed by atoms with Crippen LogP contribution in [0.3, 0.4) is 0 Å². The highest BCUT2D eigenvalue weighted by Crippen LogP contribution is 2.29. The molecule has 0 aliphatic carbocycles. The van der Waals surface area contributed by atoms with Gasteiger partial charge in [0, 0.05) is 30.2 Å². The third-order valence-corrected chi connectivity index (χ3v) is 3.54. The number of hydrogen-bond donors (Lipinski definition) is 1. The molecule has 4 nitrogen and oxygen atoms in total. The fraction of sp³-hybridized carbons (Fsp3) is 0.118. The van der Waals surface area contributed by atoms with Crippen LogP contribution in [-0.2, 0) is 6.54 Å². The molecule has 2 aromatic carbocycles. The lowest BCUT2D eigenvalue weighted by Crippen LogP contribution is -2.16. The Balaban J connectivity index is 2.07. The Morgan fingerprint density at radius 1 is 1.14 bits per heavy atom. The lowest BCUT2D eigenvalue weighted by Gasteiger charge is -2.21. The van der Waals surface area contributed by atoms with E-state index in [9.17, 15) is 9.90 Å². The van der Waals surface area contributed by atoms with Crippen LogP contribution in [0.2, 0.25) is 0 Å². The average molecular weight is 281 g/mol. The van der Waals surface area contributed by atoms with E-state index in [-0.39, 0.29) is 0 Å². The smallest absolute Gasteiger partial charge is 0.336 e. The van der Waals surface area contributed by atoms with Crippen LogP contribution in [0.15, 0.2) is 59.4 Å². The molecular formula is C17H15NO3. The Labute approximate surface area is 122 Å². The standard InChI is InChI=1S/C17H15NO3/c1-18(10-12-8-9-21-11-12)16-7-6-15(17(19)20)13-4-2-3-5-14(13)16/h2-9,11H,10H2,1H3,(H,19,20). The molecule has 106 valence electrons. The van der Waals surface area contributed by atoms with E-state index in [0.717, 1.165) is 22.0 Å². The predicted molar refractivity (Wildman–Crippen MR) is 81.7 cm³/mol. The Hall–Kier alpha value is -2.75. The van der Waals surface area contributed by atoms with Gasteiger partial charge in [-0.3, -0.25) is 0 Å². The number of anilines is 1. The summed E-state index contributed by atoms with van der Waals surface area (Å²) in [5, 5.41) is 11.0. The number of benzene rings is 2. The molecule has 1 heterocycles. The molecule has 0 saturated carbocycles. The molecule has 0 bridgehead atoms. The topological polar surface area (TPSA) is 53.7 Å². The minimum Gasteiger partial charge on any atom is -0.478 e. The van der Waals surface area contributed by atoms with Gasteiger partial charge < -0.3 is 14.4 Å². The summed E-state index contributed by atoms with van der Waals surface area (Å²) in [5.41, 5.74) is 2.40. The van der Waals surface area contributed by atoms with E-state index in [0.29, 0.717) is 12.1 Å². The van der Waals surface area contributed by atoms with Crippen LogP contribution in [-0.4, -0.2) is 18.1 Å². The van der Waals surface area contributed by atoms with E-state index in [1.165, 1.54) is 0 Å². The highest BCUT2D eigenvalue weighted by Gasteiger charge is 2.13. The van der Waals surface area contributed by atoms with Gasteiger partial charge in [0.15, 0.2) is 0 Å². The summed E-state index contributed by atoms with van der Waals surface area (Å²) >= 11 is 0. The van der Waals surface area contributed by atoms with Crippen molar-refractivity contribution < 1.29 is 14.3 Å². The van der Waals surface area contributed by atoms with Crippen LogP contribution in [0.1, 0.15) is 15.9 Å². The maximum absolute atomic E-state index is 11.3. The minimum absolute atomic E-state index is 0.325. The summed E-state index contributed by atoms with van der Waals surface area (Å²) < 4.78 is 5.08. The fourth-order valence-corrected chi connectivity index (χ4v) is 2.54. The van der Waals surface area contributed by atoms with Gasteiger partial charge in [0.05, 0.1) is 18.1 Å². The van der Waals surface area contributed by atoms with Crippen molar-refractivity contribution in [3.8, 4) is 0 Å². The first-order valence-corrected chi connectivity index (χ1v) is 6.64. The first-order valence-electron chi connectivity index (χ1n) is 6.64. The highest BCUT2D eigenvalue weighted by atomic mass is 16.4. The number of hydrogen-bond acceptors (Lipinski definition) is 3. The first-order chi connectivity index (χ1) is 10.2. The van der Waals surface area contributed by atoms with Crippen molar-refractivity contribution in [3.05, 3.63) is 66.1 Å². The maximum atomic E-state index is 11.3. The van der Waals surface area contributed by atoms with Crippen molar-refractivity contribution in [1.29, 1.82) is 0 Å². The number of furan rings is 1. The third kappa shape index (κ3) is 2.48. The van der Waals surface area contributed by atoms with Gasteiger partial charge in [-0.25, -0.2) is 4.79 Å². The largest absolute Gasteiger partial charge is 0.478 e. The van der Waals surface area contributed by atoms with Crippen LogP contribution in [0.4, 0.5) is 5.69 Å². The number of nitrogens with zero attached hydrogens (tertiary/aromatic N) is 1. The molecule has 4 heteroatoms. The molecule has 3 rings (SSSR count). The lowest BCUT2D eigenvalue weighted by atomic mass is 10.0. The Morgan fingerprint density at radius 2 is 1.90 bits per heavy atom. The summed E-state index contributed by atoms with van der Waals surface area (Å²) in [6.45, 7) is 0.701. The molecule has 1 aromatic heterocycles. The van der Waals surface area contributed by atoms with Crippen molar-refractivity contribution >= 4 is 22.4 Å². The molecule has 0 unspecified atom stereocenters. The monoisotopic (exact) mass is 281 g/mol. The van der Waals surface area contributed by atoms with Gasteiger partial charge in [0.25, 0.3) is 0 Å². The number of carbonyl (C=O) groups is 1. The summed E-state index contributed by atoms with van der Waals surface area (Å²) in [6, 6.07) is 13.0. The predicted octanol–water partition coefficient (Wildman–Crippen LogP) is 3.77. The number of aromatic carboxylic acids is 1. The Bertz CT molecular complexity index is 778. The van der Waals surface area contributed by atoms with Crippen LogP contribution in [0.5, 0.6) is 0 Å². The maximum Gasteiger partial charge on any atom is 0.336 e. The molecule has 0 amide bonds. The molecule has 3 aromatic rings. The zero-order chi connectivity index (χ0) is 14.8. The van der Waals surface area contributed by atoms with Crippen molar-refractivity contribution in [1.82, 2.24) is 0 Å². The molecule has 0 aliphatic heterocycles. The molecular weight excluding hydrogens is 266 g/mol. The molecule has 0 fully saturated rings. The average Bonchev–Trinajstić information content (AvgIpc) is 2.98. The second-order valence-corrected chi connectivity index (χ2v) is 4.97. The second-order valence-electron chi connectivity index (χ2n) is 4.97. The molecule has 0 radical (unpaired) electrons. The van der Waals surface area contributed by atoms with Crippen molar-refractivity contribution in [2.45, 2.75) is 6.54 Å². The van der Waals surface area contributed by atoms with Crippen LogP contribution < -0.4 is 4.90 Å². The van der Waals surface area contributed by atoms with Crippen molar-refractivity contribution in [2.75, 3.05) is 11.9 Å². The summed E-state index contributed by atoms with van der Waals surface area (Å²) in [6.07, 6.45) is 3.36. The van der Waals surface area contributed by atoms with Gasteiger partial charge in [0.1, 0.15) is 0 Å². The Kier molecular flexibility index (Phi) is 3.36. The summed E-state index contributed by atoms with van der Waals surface area (Å²) in [7, 11) is 1.98. The van der Waals surface area contributed by atoms with E-state index < -0.39 is 5.97 Å². The van der Waals surface area contributed by atoms with E-state index in [4.69, 9.17) is 4.42 Å². The number of carboxylic acids is 1. The van der Waals surface area contributed by atoms with E-state index in [1.54, 1.807) is 18.6 Å². The quantitative estimate of drug-likeness (QED) is 0.791. The molecule has 0 saturated heterocycles. The zero-order valence-corrected chi connectivity index (χ0v) is 11.6. The van der Waals surface area contributed by atoms with E-state index in [1.807, 2.05) is 43.4 Å². The minimum atomic E-state index is -0.907. The van der Waals surface area contributed by atoms with Gasteiger partial charge in [-0.15, -0.1) is 0 Å². The first kappa shape index (κ1) is 13.2. The molecule has 0 spiro atoms. The van der Waals surface area contributed by atoms with Gasteiger partial charge in [-0.2, -0.15) is 0 Å². The SMILES string of the molecule is CN(Cc1ccoc1)c1ccc(C(=O)O)c2ccccc12. The van der Waals surface area contributed by atoms with E-state index in [2.05, 4.69) is 4.90 Å². The zero-order valence-electron chi connectivity index (χ0n) is 11.6. The van der Waals surface area contributed by atoms with Gasteiger partial charge in [-0.05, 0) is 23.6 Å². The Morgan fingerprint density at radius 3 is 2.57 bits per heavy atom. The van der Waals surface area contributed by atoms with Gasteiger partial charge in [0.2, 0.25) is 0 Å². The number of carboxylic acid groups (broad SMARTS) is 1. The van der Waals surface area contributed by atoms with Crippen molar-refractivity contribution in [2.24, 2.45) is 0 Å². The number of fused-ring (bicyclic) bond motifs is 1.